The predicted octanol–water partition coefficient (Wildman–Crippen LogP) is 2.80. The van der Waals surface area contributed by atoms with E-state index in [0.717, 1.165) is 5.56 Å². The molecule has 3 rings (SSSR count). The summed E-state index contributed by atoms with van der Waals surface area (Å²) in [5, 5.41) is 0.456. The van der Waals surface area contributed by atoms with Crippen LogP contribution in [0.1, 0.15) is 25.3 Å². The summed E-state index contributed by atoms with van der Waals surface area (Å²) in [7, 11) is 0. The molecule has 0 aliphatic rings. The van der Waals surface area contributed by atoms with Gasteiger partial charge in [0.25, 0.3) is 5.56 Å². The Morgan fingerprint density at radius 1 is 1.22 bits per heavy atom. The molecule has 0 saturated carbocycles. The number of carbonyl (C=O) groups is 1. The van der Waals surface area contributed by atoms with Gasteiger partial charge in [0.1, 0.15) is 11.5 Å². The second kappa shape index (κ2) is 6.00. The molecule has 1 atom stereocenters. The fraction of sp³-hybridized carbons (Fsp3) is 0.176. The molecule has 0 fully saturated rings. The number of pyridine rings is 1. The van der Waals surface area contributed by atoms with Crippen molar-refractivity contribution >= 4 is 16.7 Å². The molecule has 0 aliphatic heterocycles. The van der Waals surface area contributed by atoms with Crippen molar-refractivity contribution in [3.63, 3.8) is 0 Å². The zero-order valence-corrected chi connectivity index (χ0v) is 12.7. The fourth-order valence-corrected chi connectivity index (χ4v) is 2.19. The molecular weight excluding hydrogens is 294 g/mol. The van der Waals surface area contributed by atoms with Crippen molar-refractivity contribution in [2.45, 2.75) is 19.8 Å². The SMILES string of the molecule is CC(=O)C(C)c1ccc(Oc2nc3cnccc3c(=O)[nH]2)cc1. The monoisotopic (exact) mass is 309 g/mol. The summed E-state index contributed by atoms with van der Waals surface area (Å²) in [6, 6.07) is 8.82. The first-order valence-corrected chi connectivity index (χ1v) is 7.17. The number of hydrogen-bond acceptors (Lipinski definition) is 5. The molecule has 0 bridgehead atoms. The number of aromatic amines is 1. The number of benzene rings is 1. The molecule has 3 aromatic rings. The van der Waals surface area contributed by atoms with Crippen molar-refractivity contribution in [1.29, 1.82) is 0 Å². The number of aromatic nitrogens is 3. The van der Waals surface area contributed by atoms with Crippen LogP contribution in [0.2, 0.25) is 0 Å². The van der Waals surface area contributed by atoms with E-state index in [2.05, 4.69) is 15.0 Å². The Hall–Kier alpha value is -3.02. The number of ketones is 1. The van der Waals surface area contributed by atoms with Gasteiger partial charge in [0.05, 0.1) is 17.1 Å². The average molecular weight is 309 g/mol. The summed E-state index contributed by atoms with van der Waals surface area (Å²) in [4.78, 5) is 34.1. The Morgan fingerprint density at radius 2 is 1.96 bits per heavy atom. The first kappa shape index (κ1) is 14.9. The molecule has 1 aromatic carbocycles. The van der Waals surface area contributed by atoms with Gasteiger partial charge in [-0.3, -0.25) is 19.6 Å². The first-order chi connectivity index (χ1) is 11.0. The van der Waals surface area contributed by atoms with Gasteiger partial charge in [-0.1, -0.05) is 19.1 Å². The summed E-state index contributed by atoms with van der Waals surface area (Å²) in [6.45, 7) is 3.42. The number of rotatable bonds is 4. The lowest BCUT2D eigenvalue weighted by molar-refractivity contribution is -0.118. The van der Waals surface area contributed by atoms with Gasteiger partial charge in [-0.05, 0) is 30.7 Å². The maximum Gasteiger partial charge on any atom is 0.302 e. The first-order valence-electron chi connectivity index (χ1n) is 7.17. The highest BCUT2D eigenvalue weighted by atomic mass is 16.5. The second-order valence-electron chi connectivity index (χ2n) is 5.27. The molecule has 0 saturated heterocycles. The number of Topliss-reactive ketones (excluding diaryl/α,β-unsaturated/α-hetero) is 1. The van der Waals surface area contributed by atoms with Crippen LogP contribution in [-0.4, -0.2) is 20.7 Å². The van der Waals surface area contributed by atoms with E-state index >= 15 is 0 Å². The summed E-state index contributed by atoms with van der Waals surface area (Å²) < 4.78 is 5.58. The molecule has 2 aromatic heterocycles. The molecule has 23 heavy (non-hydrogen) atoms. The third kappa shape index (κ3) is 3.11. The smallest absolute Gasteiger partial charge is 0.302 e. The van der Waals surface area contributed by atoms with Gasteiger partial charge in [0.2, 0.25) is 0 Å². The van der Waals surface area contributed by atoms with Crippen molar-refractivity contribution < 1.29 is 9.53 Å². The van der Waals surface area contributed by atoms with Crippen LogP contribution in [0.5, 0.6) is 11.8 Å². The molecule has 6 nitrogen and oxygen atoms in total. The van der Waals surface area contributed by atoms with Crippen LogP contribution in [0.15, 0.2) is 47.5 Å². The minimum absolute atomic E-state index is 0.0999. The molecule has 6 heteroatoms. The number of nitrogens with one attached hydrogen (secondary N) is 1. The van der Waals surface area contributed by atoms with E-state index < -0.39 is 0 Å². The summed E-state index contributed by atoms with van der Waals surface area (Å²) in [6.07, 6.45) is 3.05. The van der Waals surface area contributed by atoms with Gasteiger partial charge >= 0.3 is 6.01 Å². The van der Waals surface area contributed by atoms with Crippen LogP contribution < -0.4 is 10.3 Å². The third-order valence-electron chi connectivity index (χ3n) is 3.69. The zero-order valence-electron chi connectivity index (χ0n) is 12.7. The molecular formula is C17H15N3O3. The van der Waals surface area contributed by atoms with Crippen molar-refractivity contribution in [2.24, 2.45) is 0 Å². The highest BCUT2D eigenvalue weighted by Crippen LogP contribution is 2.22. The third-order valence-corrected chi connectivity index (χ3v) is 3.69. The largest absolute Gasteiger partial charge is 0.426 e. The Labute approximate surface area is 132 Å². The van der Waals surface area contributed by atoms with Crippen LogP contribution in [0.25, 0.3) is 10.9 Å². The van der Waals surface area contributed by atoms with E-state index in [0.29, 0.717) is 16.7 Å². The second-order valence-corrected chi connectivity index (χ2v) is 5.27. The molecule has 0 amide bonds. The van der Waals surface area contributed by atoms with Crippen LogP contribution in [-0.2, 0) is 4.79 Å². The maximum absolute atomic E-state index is 12.0. The zero-order chi connectivity index (χ0) is 16.4. The fourth-order valence-electron chi connectivity index (χ4n) is 2.19. The molecule has 0 radical (unpaired) electrons. The van der Waals surface area contributed by atoms with Crippen molar-refractivity contribution in [3.05, 3.63) is 58.6 Å². The topological polar surface area (TPSA) is 84.9 Å². The lowest BCUT2D eigenvalue weighted by atomic mass is 9.98. The van der Waals surface area contributed by atoms with E-state index in [4.69, 9.17) is 4.74 Å². The summed E-state index contributed by atoms with van der Waals surface area (Å²) in [5.41, 5.74) is 1.09. The van der Waals surface area contributed by atoms with Gasteiger partial charge in [-0.15, -0.1) is 0 Å². The normalized spacial score (nSPS) is 12.1. The van der Waals surface area contributed by atoms with E-state index in [1.165, 1.54) is 12.4 Å². The van der Waals surface area contributed by atoms with E-state index in [9.17, 15) is 9.59 Å². The number of nitrogens with zero attached hydrogens (tertiary/aromatic N) is 2. The quantitative estimate of drug-likeness (QED) is 0.801. The van der Waals surface area contributed by atoms with Crippen molar-refractivity contribution in [1.82, 2.24) is 15.0 Å². The average Bonchev–Trinajstić information content (AvgIpc) is 2.55. The number of hydrogen-bond donors (Lipinski definition) is 1. The standard InChI is InChI=1S/C17H15N3O3/c1-10(11(2)21)12-3-5-13(6-4-12)23-17-19-15-9-18-8-7-14(15)16(22)20-17/h3-10H,1-2H3,(H,19,20,22). The van der Waals surface area contributed by atoms with Gasteiger partial charge in [-0.2, -0.15) is 4.98 Å². The molecule has 2 heterocycles. The van der Waals surface area contributed by atoms with Crippen LogP contribution in [0, 0.1) is 0 Å². The summed E-state index contributed by atoms with van der Waals surface area (Å²) >= 11 is 0. The Balaban J connectivity index is 1.87. The Kier molecular flexibility index (Phi) is 3.89. The molecule has 0 aliphatic carbocycles. The number of carbonyl (C=O) groups excluding carboxylic acids is 1. The number of fused-ring (bicyclic) bond motifs is 1. The minimum Gasteiger partial charge on any atom is -0.426 e. The van der Waals surface area contributed by atoms with E-state index in [-0.39, 0.29) is 23.3 Å². The van der Waals surface area contributed by atoms with Crippen molar-refractivity contribution in [3.8, 4) is 11.8 Å². The van der Waals surface area contributed by atoms with E-state index in [1.807, 2.05) is 19.1 Å². The van der Waals surface area contributed by atoms with Gasteiger partial charge in [0, 0.05) is 12.1 Å². The maximum atomic E-state index is 12.0. The van der Waals surface area contributed by atoms with E-state index in [1.54, 1.807) is 25.1 Å². The Bertz CT molecular complexity index is 916. The lowest BCUT2D eigenvalue weighted by Gasteiger charge is -2.09. The van der Waals surface area contributed by atoms with Crippen LogP contribution in [0.3, 0.4) is 0 Å². The Morgan fingerprint density at radius 3 is 2.65 bits per heavy atom. The minimum atomic E-state index is -0.283. The highest BCUT2D eigenvalue weighted by molar-refractivity contribution is 5.82. The molecule has 0 spiro atoms. The van der Waals surface area contributed by atoms with Crippen molar-refractivity contribution in [2.75, 3.05) is 0 Å². The van der Waals surface area contributed by atoms with Gasteiger partial charge in [-0.25, -0.2) is 0 Å². The van der Waals surface area contributed by atoms with Gasteiger partial charge < -0.3 is 4.74 Å². The number of ether oxygens (including phenoxy) is 1. The predicted molar refractivity (Wildman–Crippen MR) is 85.8 cm³/mol. The lowest BCUT2D eigenvalue weighted by Crippen LogP contribution is -2.09. The van der Waals surface area contributed by atoms with Crippen LogP contribution in [0.4, 0.5) is 0 Å². The van der Waals surface area contributed by atoms with Crippen LogP contribution >= 0.6 is 0 Å². The summed E-state index contributed by atoms with van der Waals surface area (Å²) in [5.74, 6) is 0.469. The molecule has 1 N–H and O–H groups in total. The molecule has 116 valence electrons. The molecule has 1 unspecified atom stereocenters. The number of H-pyrrole nitrogens is 1. The highest BCUT2D eigenvalue weighted by Gasteiger charge is 2.11. The van der Waals surface area contributed by atoms with Gasteiger partial charge in [0.15, 0.2) is 0 Å².